The van der Waals surface area contributed by atoms with Crippen LogP contribution in [-0.4, -0.2) is 33.3 Å². The van der Waals surface area contributed by atoms with Gasteiger partial charge in [-0.15, -0.1) is 0 Å². The summed E-state index contributed by atoms with van der Waals surface area (Å²) in [6, 6.07) is 9.91. The number of methoxy groups -OCH3 is 1. The number of benzene rings is 2. The van der Waals surface area contributed by atoms with E-state index in [9.17, 15) is 18.0 Å². The molecular weight excluding hydrogens is 356 g/mol. The molecule has 0 radical (unpaired) electrons. The van der Waals surface area contributed by atoms with Gasteiger partial charge in [0.1, 0.15) is 5.75 Å². The van der Waals surface area contributed by atoms with Gasteiger partial charge in [-0.2, -0.15) is 0 Å². The molecule has 0 aliphatic carbocycles. The van der Waals surface area contributed by atoms with Crippen molar-refractivity contribution in [3.63, 3.8) is 0 Å². The van der Waals surface area contributed by atoms with Crippen LogP contribution in [0, 0.1) is 0 Å². The number of carbonyl (C=O) groups is 2. The summed E-state index contributed by atoms with van der Waals surface area (Å²) in [6.45, 7) is 3.55. The van der Waals surface area contributed by atoms with Gasteiger partial charge < -0.3 is 10.1 Å². The lowest BCUT2D eigenvalue weighted by Crippen LogP contribution is -2.31. The largest absolute Gasteiger partial charge is 0.496 e. The Labute approximate surface area is 152 Å². The second-order valence-corrected chi connectivity index (χ2v) is 7.47. The molecule has 7 nitrogen and oxygen atoms in total. The highest BCUT2D eigenvalue weighted by Gasteiger charge is 2.23. The van der Waals surface area contributed by atoms with Gasteiger partial charge in [-0.3, -0.25) is 9.59 Å². The third-order valence-electron chi connectivity index (χ3n) is 3.58. The Hall–Kier alpha value is -2.71. The lowest BCUT2D eigenvalue weighted by Gasteiger charge is -2.14. The molecule has 0 spiro atoms. The van der Waals surface area contributed by atoms with E-state index in [1.54, 1.807) is 32.0 Å². The number of hydrogen-bond donors (Lipinski definition) is 2. The topological polar surface area (TPSA) is 116 Å². The summed E-state index contributed by atoms with van der Waals surface area (Å²) in [7, 11) is -2.62. The zero-order valence-electron chi connectivity index (χ0n) is 14.6. The summed E-state index contributed by atoms with van der Waals surface area (Å²) in [5.41, 5.74) is 0.196. The number of ketones is 1. The number of primary sulfonamides is 1. The van der Waals surface area contributed by atoms with E-state index in [1.807, 2.05) is 0 Å². The fraction of sp³-hybridized carbons (Fsp3) is 0.222. The summed E-state index contributed by atoms with van der Waals surface area (Å²) in [5.74, 6) is -0.713. The third-order valence-corrected chi connectivity index (χ3v) is 4.49. The second kappa shape index (κ2) is 7.67. The molecule has 0 heterocycles. The molecule has 0 atom stereocenters. The van der Waals surface area contributed by atoms with E-state index in [0.717, 1.165) is 6.07 Å². The number of carbonyl (C=O) groups excluding carboxylic acids is 2. The number of hydrogen-bond acceptors (Lipinski definition) is 5. The smallest absolute Gasteiger partial charge is 0.252 e. The molecule has 2 aromatic rings. The van der Waals surface area contributed by atoms with Crippen LogP contribution in [0.1, 0.15) is 40.1 Å². The van der Waals surface area contributed by atoms with Gasteiger partial charge in [0.2, 0.25) is 10.0 Å². The number of nitrogens with one attached hydrogen (secondary N) is 1. The molecule has 3 N–H and O–H groups in total. The van der Waals surface area contributed by atoms with Crippen LogP contribution in [0.15, 0.2) is 47.4 Å². The standard InChI is InChI=1S/C18H20N2O5S/c1-11(2)20-18(22)13-9-8-12(26(19,23)24)10-15(13)17(21)14-6-4-5-7-16(14)25-3/h4-11H,1-3H3,(H,20,22)(H2,19,23,24). The van der Waals surface area contributed by atoms with Crippen LogP contribution < -0.4 is 15.2 Å². The Morgan fingerprint density at radius 2 is 1.69 bits per heavy atom. The number of amides is 1. The predicted molar refractivity (Wildman–Crippen MR) is 96.8 cm³/mol. The van der Waals surface area contributed by atoms with Crippen molar-refractivity contribution in [2.45, 2.75) is 24.8 Å². The zero-order valence-corrected chi connectivity index (χ0v) is 15.5. The van der Waals surface area contributed by atoms with Crippen LogP contribution in [-0.2, 0) is 10.0 Å². The Balaban J connectivity index is 2.66. The number of ether oxygens (including phenoxy) is 1. The number of nitrogens with two attached hydrogens (primary N) is 1. The quantitative estimate of drug-likeness (QED) is 0.745. The highest BCUT2D eigenvalue weighted by molar-refractivity contribution is 7.89. The maximum absolute atomic E-state index is 13.0. The molecule has 1 amide bonds. The van der Waals surface area contributed by atoms with Crippen molar-refractivity contribution in [3.05, 3.63) is 59.2 Å². The van der Waals surface area contributed by atoms with Gasteiger partial charge in [0.15, 0.2) is 5.78 Å². The first kappa shape index (κ1) is 19.6. The number of rotatable bonds is 6. The summed E-state index contributed by atoms with van der Waals surface area (Å²) in [6.07, 6.45) is 0. The average molecular weight is 376 g/mol. The molecule has 138 valence electrons. The minimum Gasteiger partial charge on any atom is -0.496 e. The fourth-order valence-electron chi connectivity index (χ4n) is 2.40. The molecule has 2 aromatic carbocycles. The Morgan fingerprint density at radius 3 is 2.27 bits per heavy atom. The predicted octanol–water partition coefficient (Wildman–Crippen LogP) is 1.71. The molecule has 0 saturated carbocycles. The van der Waals surface area contributed by atoms with E-state index in [4.69, 9.17) is 9.88 Å². The molecule has 0 aromatic heterocycles. The molecule has 26 heavy (non-hydrogen) atoms. The van der Waals surface area contributed by atoms with Gasteiger partial charge in [-0.25, -0.2) is 13.6 Å². The molecule has 0 aliphatic rings. The van der Waals surface area contributed by atoms with Crippen LogP contribution in [0.4, 0.5) is 0 Å². The zero-order chi connectivity index (χ0) is 19.5. The van der Waals surface area contributed by atoms with Gasteiger partial charge in [-0.05, 0) is 44.2 Å². The van der Waals surface area contributed by atoms with Crippen molar-refractivity contribution in [3.8, 4) is 5.75 Å². The van der Waals surface area contributed by atoms with Crippen molar-refractivity contribution in [1.29, 1.82) is 0 Å². The maximum atomic E-state index is 13.0. The van der Waals surface area contributed by atoms with Crippen molar-refractivity contribution in [1.82, 2.24) is 5.32 Å². The highest BCUT2D eigenvalue weighted by atomic mass is 32.2. The van der Waals surface area contributed by atoms with Crippen molar-refractivity contribution in [2.75, 3.05) is 7.11 Å². The fourth-order valence-corrected chi connectivity index (χ4v) is 2.94. The average Bonchev–Trinajstić information content (AvgIpc) is 2.59. The first-order valence-corrected chi connectivity index (χ1v) is 9.35. The van der Waals surface area contributed by atoms with E-state index < -0.39 is 21.7 Å². The minimum atomic E-state index is -4.04. The molecule has 0 aliphatic heterocycles. The second-order valence-electron chi connectivity index (χ2n) is 5.91. The monoisotopic (exact) mass is 376 g/mol. The third kappa shape index (κ3) is 4.27. The normalized spacial score (nSPS) is 11.3. The summed E-state index contributed by atoms with van der Waals surface area (Å²) >= 11 is 0. The Kier molecular flexibility index (Phi) is 5.79. The molecule has 0 fully saturated rings. The van der Waals surface area contributed by atoms with E-state index >= 15 is 0 Å². The first-order valence-electron chi connectivity index (χ1n) is 7.80. The molecular formula is C18H20N2O5S. The van der Waals surface area contributed by atoms with Gasteiger partial charge in [0, 0.05) is 11.6 Å². The molecule has 2 rings (SSSR count). The van der Waals surface area contributed by atoms with Crippen molar-refractivity contribution in [2.24, 2.45) is 5.14 Å². The Bertz CT molecular complexity index is 952. The summed E-state index contributed by atoms with van der Waals surface area (Å²) < 4.78 is 28.5. The lowest BCUT2D eigenvalue weighted by molar-refractivity contribution is 0.0932. The first-order chi connectivity index (χ1) is 12.1. The van der Waals surface area contributed by atoms with Crippen LogP contribution in [0.5, 0.6) is 5.75 Å². The Morgan fingerprint density at radius 1 is 1.04 bits per heavy atom. The maximum Gasteiger partial charge on any atom is 0.252 e. The molecule has 0 unspecified atom stereocenters. The van der Waals surface area contributed by atoms with Gasteiger partial charge >= 0.3 is 0 Å². The van der Waals surface area contributed by atoms with E-state index in [1.165, 1.54) is 25.3 Å². The summed E-state index contributed by atoms with van der Waals surface area (Å²) in [5, 5.41) is 7.85. The van der Waals surface area contributed by atoms with E-state index in [0.29, 0.717) is 5.75 Å². The van der Waals surface area contributed by atoms with E-state index in [2.05, 4.69) is 5.32 Å². The minimum absolute atomic E-state index is 0.0574. The molecule has 0 saturated heterocycles. The van der Waals surface area contributed by atoms with Crippen LogP contribution in [0.2, 0.25) is 0 Å². The van der Waals surface area contributed by atoms with Crippen LogP contribution >= 0.6 is 0 Å². The van der Waals surface area contributed by atoms with Crippen molar-refractivity contribution >= 4 is 21.7 Å². The van der Waals surface area contributed by atoms with Crippen LogP contribution in [0.3, 0.4) is 0 Å². The summed E-state index contributed by atoms with van der Waals surface area (Å²) in [4.78, 5) is 25.2. The van der Waals surface area contributed by atoms with E-state index in [-0.39, 0.29) is 27.6 Å². The highest BCUT2D eigenvalue weighted by Crippen LogP contribution is 2.24. The van der Waals surface area contributed by atoms with Crippen molar-refractivity contribution < 1.29 is 22.7 Å². The van der Waals surface area contributed by atoms with Gasteiger partial charge in [0.25, 0.3) is 5.91 Å². The SMILES string of the molecule is COc1ccccc1C(=O)c1cc(S(N)(=O)=O)ccc1C(=O)NC(C)C. The molecule has 0 bridgehead atoms. The number of sulfonamides is 1. The van der Waals surface area contributed by atoms with Gasteiger partial charge in [0.05, 0.1) is 23.1 Å². The van der Waals surface area contributed by atoms with Crippen LogP contribution in [0.25, 0.3) is 0 Å². The lowest BCUT2D eigenvalue weighted by atomic mass is 9.97. The van der Waals surface area contributed by atoms with Gasteiger partial charge in [-0.1, -0.05) is 12.1 Å². The number of para-hydroxylation sites is 1. The molecule has 8 heteroatoms.